The van der Waals surface area contributed by atoms with Gasteiger partial charge in [0.15, 0.2) is 0 Å². The van der Waals surface area contributed by atoms with Crippen molar-refractivity contribution in [2.75, 3.05) is 26.4 Å². The smallest absolute Gasteiger partial charge is 0.330 e. The van der Waals surface area contributed by atoms with Crippen LogP contribution in [0.1, 0.15) is 26.7 Å². The SMILES string of the molecule is C=C(C)C(=O)[N+](C)(C)C(CC)OS(=O)(=O)CCCN. The Morgan fingerprint density at radius 1 is 1.42 bits per heavy atom. The van der Waals surface area contributed by atoms with E-state index in [9.17, 15) is 13.2 Å². The highest BCUT2D eigenvalue weighted by molar-refractivity contribution is 7.86. The molecule has 0 bridgehead atoms. The molecule has 1 amide bonds. The van der Waals surface area contributed by atoms with Crippen molar-refractivity contribution < 1.29 is 21.9 Å². The van der Waals surface area contributed by atoms with E-state index in [0.717, 1.165) is 0 Å². The van der Waals surface area contributed by atoms with Gasteiger partial charge in [-0.1, -0.05) is 13.5 Å². The monoisotopic (exact) mass is 293 g/mol. The van der Waals surface area contributed by atoms with Gasteiger partial charge in [-0.2, -0.15) is 8.42 Å². The number of rotatable bonds is 8. The fraction of sp³-hybridized carbons (Fsp3) is 0.750. The van der Waals surface area contributed by atoms with Crippen molar-refractivity contribution in [3.05, 3.63) is 12.2 Å². The molecule has 0 spiro atoms. The Bertz CT molecular complexity index is 429. The highest BCUT2D eigenvalue weighted by atomic mass is 32.2. The topological polar surface area (TPSA) is 86.5 Å². The van der Waals surface area contributed by atoms with Gasteiger partial charge < -0.3 is 5.73 Å². The Labute approximate surface area is 115 Å². The van der Waals surface area contributed by atoms with Crippen LogP contribution >= 0.6 is 0 Å². The van der Waals surface area contributed by atoms with E-state index in [1.165, 1.54) is 0 Å². The van der Waals surface area contributed by atoms with E-state index in [2.05, 4.69) is 6.58 Å². The first-order chi connectivity index (χ1) is 8.58. The number of hydrogen-bond acceptors (Lipinski definition) is 5. The van der Waals surface area contributed by atoms with Crippen LogP contribution in [0.25, 0.3) is 0 Å². The van der Waals surface area contributed by atoms with Crippen LogP contribution in [0, 0.1) is 0 Å². The third-order valence-corrected chi connectivity index (χ3v) is 4.12. The van der Waals surface area contributed by atoms with Crippen LogP contribution < -0.4 is 5.73 Å². The van der Waals surface area contributed by atoms with E-state index in [4.69, 9.17) is 9.92 Å². The molecule has 1 atom stereocenters. The average Bonchev–Trinajstić information content (AvgIpc) is 2.32. The summed E-state index contributed by atoms with van der Waals surface area (Å²) in [5, 5.41) is 0. The summed E-state index contributed by atoms with van der Waals surface area (Å²) in [6.07, 6.45) is -0.0268. The summed E-state index contributed by atoms with van der Waals surface area (Å²) in [4.78, 5) is 12.0. The Kier molecular flexibility index (Phi) is 6.85. The van der Waals surface area contributed by atoms with Gasteiger partial charge in [-0.3, -0.25) is 0 Å². The van der Waals surface area contributed by atoms with Gasteiger partial charge in [0, 0.05) is 12.0 Å². The average molecular weight is 293 g/mol. The molecular weight excluding hydrogens is 268 g/mol. The minimum absolute atomic E-state index is 0.138. The Balaban J connectivity index is 5.03. The molecule has 0 rings (SSSR count). The lowest BCUT2D eigenvalue weighted by Gasteiger charge is -2.33. The molecule has 0 aromatic rings. The molecule has 2 N–H and O–H groups in total. The molecule has 1 unspecified atom stereocenters. The first kappa shape index (κ1) is 18.2. The molecular formula is C12H25N2O4S+. The van der Waals surface area contributed by atoms with Crippen molar-refractivity contribution in [3.63, 3.8) is 0 Å². The van der Waals surface area contributed by atoms with Gasteiger partial charge >= 0.3 is 5.91 Å². The van der Waals surface area contributed by atoms with Crippen molar-refractivity contribution >= 4 is 16.0 Å². The van der Waals surface area contributed by atoms with Crippen LogP contribution in [-0.2, 0) is 19.1 Å². The van der Waals surface area contributed by atoms with Gasteiger partial charge in [0.05, 0.1) is 19.8 Å². The summed E-state index contributed by atoms with van der Waals surface area (Å²) < 4.78 is 28.5. The van der Waals surface area contributed by atoms with Gasteiger partial charge in [-0.15, -0.1) is 0 Å². The van der Waals surface area contributed by atoms with Crippen LogP contribution in [0.4, 0.5) is 0 Å². The normalized spacial score (nSPS) is 14.2. The maximum absolute atomic E-state index is 12.0. The summed E-state index contributed by atoms with van der Waals surface area (Å²) in [6.45, 7) is 7.25. The molecule has 0 saturated carbocycles. The Hall–Kier alpha value is -0.760. The standard InChI is InChI=1S/C12H25N2O4S/c1-6-11(14(4,5)12(15)10(2)3)18-19(16,17)9-7-8-13/h11H,2,6-9,13H2,1,3-5H3/q+1. The fourth-order valence-corrected chi connectivity index (χ4v) is 3.04. The molecule has 112 valence electrons. The van der Waals surface area contributed by atoms with Crippen LogP contribution in [-0.4, -0.2) is 51.4 Å². The van der Waals surface area contributed by atoms with Crippen LogP contribution in [0.5, 0.6) is 0 Å². The van der Waals surface area contributed by atoms with Crippen LogP contribution in [0.3, 0.4) is 0 Å². The number of hydrogen-bond donors (Lipinski definition) is 1. The van der Waals surface area contributed by atoms with Gasteiger partial charge in [0.2, 0.25) is 6.23 Å². The quantitative estimate of drug-likeness (QED) is 0.306. The minimum atomic E-state index is -3.67. The van der Waals surface area contributed by atoms with Gasteiger partial charge in [0.1, 0.15) is 0 Å². The second kappa shape index (κ2) is 7.14. The third-order valence-electron chi connectivity index (χ3n) is 2.81. The van der Waals surface area contributed by atoms with Crippen LogP contribution in [0.2, 0.25) is 0 Å². The molecule has 7 heteroatoms. The summed E-state index contributed by atoms with van der Waals surface area (Å²) in [7, 11) is -0.445. The number of nitrogens with zero attached hydrogens (tertiary/aromatic N) is 1. The number of quaternary nitrogens is 1. The second-order valence-electron chi connectivity index (χ2n) is 4.99. The zero-order valence-electron chi connectivity index (χ0n) is 12.2. The molecule has 0 aliphatic carbocycles. The van der Waals surface area contributed by atoms with Crippen molar-refractivity contribution in [2.24, 2.45) is 5.73 Å². The number of amides is 1. The van der Waals surface area contributed by atoms with Gasteiger partial charge in [-0.25, -0.2) is 13.5 Å². The van der Waals surface area contributed by atoms with E-state index < -0.39 is 16.3 Å². The van der Waals surface area contributed by atoms with Crippen molar-refractivity contribution in [3.8, 4) is 0 Å². The maximum atomic E-state index is 12.0. The first-order valence-electron chi connectivity index (χ1n) is 6.23. The molecule has 6 nitrogen and oxygen atoms in total. The van der Waals surface area contributed by atoms with E-state index in [1.807, 2.05) is 0 Å². The Morgan fingerprint density at radius 3 is 2.32 bits per heavy atom. The molecule has 0 radical (unpaired) electrons. The maximum Gasteiger partial charge on any atom is 0.342 e. The molecule has 19 heavy (non-hydrogen) atoms. The Morgan fingerprint density at radius 2 is 1.95 bits per heavy atom. The van der Waals surface area contributed by atoms with Gasteiger partial charge in [-0.05, 0) is 19.9 Å². The molecule has 0 heterocycles. The zero-order valence-corrected chi connectivity index (χ0v) is 13.0. The van der Waals surface area contributed by atoms with E-state index >= 15 is 0 Å². The second-order valence-corrected chi connectivity index (χ2v) is 6.70. The predicted octanol–water partition coefficient (Wildman–Crippen LogP) is 0.597. The minimum Gasteiger partial charge on any atom is -0.330 e. The summed E-state index contributed by atoms with van der Waals surface area (Å²) in [5.41, 5.74) is 5.65. The molecule has 0 saturated heterocycles. The number of carbonyl (C=O) groups is 1. The van der Waals surface area contributed by atoms with E-state index in [-0.39, 0.29) is 22.7 Å². The zero-order chi connectivity index (χ0) is 15.3. The highest BCUT2D eigenvalue weighted by Crippen LogP contribution is 2.18. The summed E-state index contributed by atoms with van der Waals surface area (Å²) >= 11 is 0. The molecule has 0 fully saturated rings. The third kappa shape index (κ3) is 5.40. The lowest BCUT2D eigenvalue weighted by atomic mass is 10.2. The number of carbonyl (C=O) groups excluding carboxylic acids is 1. The number of nitrogens with two attached hydrogens (primary N) is 1. The van der Waals surface area contributed by atoms with Crippen molar-refractivity contribution in [2.45, 2.75) is 32.9 Å². The highest BCUT2D eigenvalue weighted by Gasteiger charge is 2.38. The largest absolute Gasteiger partial charge is 0.342 e. The number of likely N-dealkylation sites (N-methyl/N-ethyl adjacent to an activating group) is 1. The van der Waals surface area contributed by atoms with Crippen LogP contribution in [0.15, 0.2) is 12.2 Å². The molecule has 0 aliphatic rings. The fourth-order valence-electron chi connectivity index (χ4n) is 1.73. The summed E-state index contributed by atoms with van der Waals surface area (Å²) in [6, 6.07) is 0. The predicted molar refractivity (Wildman–Crippen MR) is 74.6 cm³/mol. The van der Waals surface area contributed by atoms with Crippen molar-refractivity contribution in [1.82, 2.24) is 0 Å². The molecule has 0 aliphatic heterocycles. The van der Waals surface area contributed by atoms with Crippen molar-refractivity contribution in [1.29, 1.82) is 0 Å². The van der Waals surface area contributed by atoms with E-state index in [0.29, 0.717) is 18.4 Å². The van der Waals surface area contributed by atoms with Gasteiger partial charge in [0.25, 0.3) is 10.1 Å². The molecule has 0 aromatic carbocycles. The first-order valence-corrected chi connectivity index (χ1v) is 7.81. The molecule has 0 aromatic heterocycles. The lowest BCUT2D eigenvalue weighted by molar-refractivity contribution is -0.860. The summed E-state index contributed by atoms with van der Waals surface area (Å²) in [5.74, 6) is -0.387. The van der Waals surface area contributed by atoms with E-state index in [1.54, 1.807) is 27.9 Å². The lowest BCUT2D eigenvalue weighted by Crippen LogP contribution is -2.55.